The van der Waals surface area contributed by atoms with Crippen LogP contribution in [0.5, 0.6) is 5.75 Å². The number of carbonyl (C=O) groups is 1. The molecule has 1 saturated heterocycles. The molecule has 0 spiro atoms. The van der Waals surface area contributed by atoms with E-state index in [0.717, 1.165) is 42.1 Å². The minimum absolute atomic E-state index is 0.0656. The van der Waals surface area contributed by atoms with E-state index in [1.807, 2.05) is 47.4 Å². The zero-order chi connectivity index (χ0) is 19.3. The lowest BCUT2D eigenvalue weighted by atomic mass is 9.93. The first-order valence-corrected chi connectivity index (χ1v) is 9.41. The molecule has 0 bridgehead atoms. The average molecular weight is 374 g/mol. The Morgan fingerprint density at radius 2 is 2.00 bits per heavy atom. The van der Waals surface area contributed by atoms with Crippen molar-refractivity contribution >= 4 is 5.91 Å². The maximum Gasteiger partial charge on any atom is 0.274 e. The minimum atomic E-state index is -0.0656. The number of likely N-dealkylation sites (tertiary alicyclic amines) is 1. The van der Waals surface area contributed by atoms with Crippen LogP contribution in [0.4, 0.5) is 0 Å². The summed E-state index contributed by atoms with van der Waals surface area (Å²) in [6, 6.07) is 14.0. The predicted octanol–water partition coefficient (Wildman–Crippen LogP) is 3.57. The Morgan fingerprint density at radius 1 is 1.14 bits per heavy atom. The summed E-state index contributed by atoms with van der Waals surface area (Å²) >= 11 is 0. The lowest BCUT2D eigenvalue weighted by molar-refractivity contribution is 0.0699. The number of rotatable bonds is 4. The number of hydrogen-bond donors (Lipinski definition) is 0. The fourth-order valence-corrected chi connectivity index (χ4v) is 3.58. The summed E-state index contributed by atoms with van der Waals surface area (Å²) in [6.45, 7) is 1.39. The standard InChI is InChI=1S/C22H22N4O2/c1-28-18-9-7-16(8-10-18)19-5-2-6-20(25-19)17-4-3-13-26(15-17)22(27)21-14-23-11-12-24-21/h2,5-12,14,17H,3-4,13,15H2,1H3/t17-/m0/s1. The maximum atomic E-state index is 12.7. The highest BCUT2D eigenvalue weighted by molar-refractivity contribution is 5.92. The number of carbonyl (C=O) groups excluding carboxylic acids is 1. The Balaban J connectivity index is 1.53. The van der Waals surface area contributed by atoms with Crippen molar-refractivity contribution < 1.29 is 9.53 Å². The van der Waals surface area contributed by atoms with Crippen LogP contribution in [0.2, 0.25) is 0 Å². The summed E-state index contributed by atoms with van der Waals surface area (Å²) in [5.41, 5.74) is 3.39. The number of methoxy groups -OCH3 is 1. The van der Waals surface area contributed by atoms with Crippen LogP contribution in [0.25, 0.3) is 11.3 Å². The van der Waals surface area contributed by atoms with Gasteiger partial charge in [0.05, 0.1) is 19.0 Å². The first-order chi connectivity index (χ1) is 13.7. The molecule has 1 fully saturated rings. The SMILES string of the molecule is COc1ccc(-c2cccc([C@H]3CCCN(C(=O)c4cnccn4)C3)n2)cc1. The van der Waals surface area contributed by atoms with Gasteiger partial charge in [-0.15, -0.1) is 0 Å². The average Bonchev–Trinajstić information content (AvgIpc) is 2.79. The zero-order valence-corrected chi connectivity index (χ0v) is 15.8. The summed E-state index contributed by atoms with van der Waals surface area (Å²) in [5, 5.41) is 0. The Kier molecular flexibility index (Phi) is 5.28. The summed E-state index contributed by atoms with van der Waals surface area (Å²) < 4.78 is 5.23. The molecule has 1 aliphatic rings. The summed E-state index contributed by atoms with van der Waals surface area (Å²) in [7, 11) is 1.66. The quantitative estimate of drug-likeness (QED) is 0.698. The lowest BCUT2D eigenvalue weighted by Crippen LogP contribution is -2.39. The van der Waals surface area contributed by atoms with Crippen LogP contribution in [0.1, 0.15) is 34.9 Å². The number of pyridine rings is 1. The number of hydrogen-bond acceptors (Lipinski definition) is 5. The van der Waals surface area contributed by atoms with Crippen LogP contribution < -0.4 is 4.74 Å². The van der Waals surface area contributed by atoms with Crippen molar-refractivity contribution in [3.8, 4) is 17.0 Å². The van der Waals surface area contributed by atoms with E-state index in [2.05, 4.69) is 9.97 Å². The van der Waals surface area contributed by atoms with Gasteiger partial charge < -0.3 is 9.64 Å². The van der Waals surface area contributed by atoms with Gasteiger partial charge in [0.15, 0.2) is 0 Å². The molecule has 1 aromatic carbocycles. The predicted molar refractivity (Wildman–Crippen MR) is 106 cm³/mol. The molecule has 0 saturated carbocycles. The maximum absolute atomic E-state index is 12.7. The smallest absolute Gasteiger partial charge is 0.274 e. The van der Waals surface area contributed by atoms with Crippen molar-refractivity contribution in [3.05, 3.63) is 72.4 Å². The lowest BCUT2D eigenvalue weighted by Gasteiger charge is -2.32. The molecule has 1 aliphatic heterocycles. The second-order valence-electron chi connectivity index (χ2n) is 6.86. The van der Waals surface area contributed by atoms with Crippen molar-refractivity contribution in [2.24, 2.45) is 0 Å². The third-order valence-electron chi connectivity index (χ3n) is 5.07. The van der Waals surface area contributed by atoms with E-state index in [1.165, 1.54) is 6.20 Å². The first kappa shape index (κ1) is 18.1. The van der Waals surface area contributed by atoms with E-state index in [4.69, 9.17) is 9.72 Å². The van der Waals surface area contributed by atoms with Gasteiger partial charge in [-0.3, -0.25) is 14.8 Å². The van der Waals surface area contributed by atoms with Crippen LogP contribution in [-0.4, -0.2) is 46.0 Å². The van der Waals surface area contributed by atoms with Gasteiger partial charge in [-0.05, 0) is 49.2 Å². The molecule has 1 atom stereocenters. The van der Waals surface area contributed by atoms with Gasteiger partial charge in [-0.2, -0.15) is 0 Å². The second kappa shape index (κ2) is 8.17. The molecule has 1 amide bonds. The van der Waals surface area contributed by atoms with Crippen molar-refractivity contribution in [1.29, 1.82) is 0 Å². The van der Waals surface area contributed by atoms with Gasteiger partial charge in [-0.25, -0.2) is 4.98 Å². The van der Waals surface area contributed by atoms with E-state index < -0.39 is 0 Å². The normalized spacial score (nSPS) is 16.6. The van der Waals surface area contributed by atoms with E-state index in [1.54, 1.807) is 19.5 Å². The highest BCUT2D eigenvalue weighted by Crippen LogP contribution is 2.28. The minimum Gasteiger partial charge on any atom is -0.497 e. The van der Waals surface area contributed by atoms with Gasteiger partial charge in [0.25, 0.3) is 5.91 Å². The van der Waals surface area contributed by atoms with Crippen LogP contribution in [0.3, 0.4) is 0 Å². The number of aromatic nitrogens is 3. The summed E-state index contributed by atoms with van der Waals surface area (Å²) in [4.78, 5) is 27.6. The first-order valence-electron chi connectivity index (χ1n) is 9.41. The molecule has 4 rings (SSSR count). The van der Waals surface area contributed by atoms with Crippen molar-refractivity contribution in [3.63, 3.8) is 0 Å². The van der Waals surface area contributed by atoms with Gasteiger partial charge in [0, 0.05) is 42.7 Å². The van der Waals surface area contributed by atoms with E-state index >= 15 is 0 Å². The van der Waals surface area contributed by atoms with E-state index in [0.29, 0.717) is 12.2 Å². The topological polar surface area (TPSA) is 68.2 Å². The molecule has 0 unspecified atom stereocenters. The molecule has 6 heteroatoms. The van der Waals surface area contributed by atoms with Crippen molar-refractivity contribution in [1.82, 2.24) is 19.9 Å². The molecule has 2 aromatic heterocycles. The van der Waals surface area contributed by atoms with Crippen molar-refractivity contribution in [2.75, 3.05) is 20.2 Å². The third-order valence-corrected chi connectivity index (χ3v) is 5.07. The number of benzene rings is 1. The fourth-order valence-electron chi connectivity index (χ4n) is 3.58. The van der Waals surface area contributed by atoms with Gasteiger partial charge in [0.1, 0.15) is 11.4 Å². The number of nitrogens with zero attached hydrogens (tertiary/aromatic N) is 4. The third kappa shape index (κ3) is 3.86. The fraction of sp³-hybridized carbons (Fsp3) is 0.273. The molecule has 0 radical (unpaired) electrons. The van der Waals surface area contributed by atoms with Crippen LogP contribution in [0, 0.1) is 0 Å². The van der Waals surface area contributed by atoms with E-state index in [-0.39, 0.29) is 11.8 Å². The Hall–Kier alpha value is -3.28. The molecular weight excluding hydrogens is 352 g/mol. The van der Waals surface area contributed by atoms with E-state index in [9.17, 15) is 4.79 Å². The molecule has 3 heterocycles. The Bertz CT molecular complexity index is 944. The monoisotopic (exact) mass is 374 g/mol. The molecule has 3 aromatic rings. The molecule has 142 valence electrons. The highest BCUT2D eigenvalue weighted by Gasteiger charge is 2.27. The molecule has 0 N–H and O–H groups in total. The summed E-state index contributed by atoms with van der Waals surface area (Å²) in [6.07, 6.45) is 6.61. The molecule has 6 nitrogen and oxygen atoms in total. The number of ether oxygens (including phenoxy) is 1. The van der Waals surface area contributed by atoms with Gasteiger partial charge in [0.2, 0.25) is 0 Å². The number of piperidine rings is 1. The van der Waals surface area contributed by atoms with Crippen molar-refractivity contribution in [2.45, 2.75) is 18.8 Å². The Morgan fingerprint density at radius 3 is 2.75 bits per heavy atom. The summed E-state index contributed by atoms with van der Waals surface area (Å²) in [5.74, 6) is 0.974. The van der Waals surface area contributed by atoms with Crippen LogP contribution >= 0.6 is 0 Å². The second-order valence-corrected chi connectivity index (χ2v) is 6.86. The van der Waals surface area contributed by atoms with Gasteiger partial charge >= 0.3 is 0 Å². The molecule has 0 aliphatic carbocycles. The van der Waals surface area contributed by atoms with Gasteiger partial charge in [-0.1, -0.05) is 6.07 Å². The molecule has 28 heavy (non-hydrogen) atoms. The van der Waals surface area contributed by atoms with Crippen LogP contribution in [0.15, 0.2) is 61.1 Å². The largest absolute Gasteiger partial charge is 0.497 e. The zero-order valence-electron chi connectivity index (χ0n) is 15.8. The van der Waals surface area contributed by atoms with Crippen LogP contribution in [-0.2, 0) is 0 Å². The Labute approximate surface area is 164 Å². The number of amides is 1. The molecular formula is C22H22N4O2. The highest BCUT2D eigenvalue weighted by atomic mass is 16.5.